The number of nitrogens with zero attached hydrogens (tertiary/aromatic N) is 2. The predicted molar refractivity (Wildman–Crippen MR) is 94.7 cm³/mol. The summed E-state index contributed by atoms with van der Waals surface area (Å²) in [6.45, 7) is 1.23. The first-order valence-electron chi connectivity index (χ1n) is 8.46. The number of amides is 2. The van der Waals surface area contributed by atoms with Crippen molar-refractivity contribution < 1.29 is 14.3 Å². The minimum absolute atomic E-state index is 0.0894. The summed E-state index contributed by atoms with van der Waals surface area (Å²) in [6, 6.07) is 9.96. The van der Waals surface area contributed by atoms with Gasteiger partial charge in [-0.2, -0.15) is 0 Å². The minimum atomic E-state index is -0.275. The van der Waals surface area contributed by atoms with Gasteiger partial charge in [0, 0.05) is 32.0 Å². The van der Waals surface area contributed by atoms with Crippen molar-refractivity contribution >= 4 is 6.03 Å². The van der Waals surface area contributed by atoms with E-state index in [0.29, 0.717) is 19.5 Å². The lowest BCUT2D eigenvalue weighted by atomic mass is 10.1. The van der Waals surface area contributed by atoms with Gasteiger partial charge in [0.2, 0.25) is 0 Å². The highest BCUT2D eigenvalue weighted by atomic mass is 19.1. The fourth-order valence-electron chi connectivity index (χ4n) is 2.50. The number of hydrogen-bond donors (Lipinski definition) is 2. The molecule has 0 bridgehead atoms. The fraction of sp³-hybridized carbons (Fsp3) is 0.368. The van der Waals surface area contributed by atoms with Gasteiger partial charge in [0.05, 0.1) is 6.61 Å². The van der Waals surface area contributed by atoms with Gasteiger partial charge in [-0.05, 0) is 54.7 Å². The number of aryl methyl sites for hydroxylation is 1. The first-order chi connectivity index (χ1) is 12.2. The number of aliphatic hydroxyl groups excluding tert-OH is 1. The summed E-state index contributed by atoms with van der Waals surface area (Å²) < 4.78 is 12.9. The average Bonchev–Trinajstić information content (AvgIpc) is 2.64. The molecule has 0 unspecified atom stereocenters. The fourth-order valence-corrected chi connectivity index (χ4v) is 2.50. The van der Waals surface area contributed by atoms with Crippen LogP contribution < -0.4 is 5.32 Å². The highest BCUT2D eigenvalue weighted by Crippen LogP contribution is 2.05. The molecule has 1 heterocycles. The summed E-state index contributed by atoms with van der Waals surface area (Å²) in [5, 5.41) is 12.0. The second kappa shape index (κ2) is 10.4. The maximum atomic E-state index is 12.9. The van der Waals surface area contributed by atoms with Gasteiger partial charge in [-0.3, -0.25) is 4.98 Å². The summed E-state index contributed by atoms with van der Waals surface area (Å²) in [4.78, 5) is 17.8. The molecule has 0 atom stereocenters. The van der Waals surface area contributed by atoms with Crippen LogP contribution >= 0.6 is 0 Å². The molecule has 0 spiro atoms. The summed E-state index contributed by atoms with van der Waals surface area (Å²) in [5.74, 6) is -0.275. The molecular formula is C19H24FN3O2. The number of nitrogens with one attached hydrogen (secondary N) is 1. The Kier molecular flexibility index (Phi) is 7.85. The lowest BCUT2D eigenvalue weighted by Crippen LogP contribution is -2.43. The molecule has 1 aromatic carbocycles. The molecule has 2 aromatic rings. The lowest BCUT2D eigenvalue weighted by Gasteiger charge is -2.22. The van der Waals surface area contributed by atoms with Gasteiger partial charge in [-0.1, -0.05) is 12.1 Å². The molecule has 25 heavy (non-hydrogen) atoms. The Balaban J connectivity index is 1.74. The maximum Gasteiger partial charge on any atom is 0.317 e. The van der Waals surface area contributed by atoms with Crippen LogP contribution in [0.2, 0.25) is 0 Å². The first-order valence-corrected chi connectivity index (χ1v) is 8.46. The number of rotatable bonds is 9. The third-order valence-electron chi connectivity index (χ3n) is 3.91. The van der Waals surface area contributed by atoms with Gasteiger partial charge in [0.1, 0.15) is 5.82 Å². The molecule has 0 aliphatic rings. The summed E-state index contributed by atoms with van der Waals surface area (Å²) in [7, 11) is 0. The summed E-state index contributed by atoms with van der Waals surface area (Å²) in [6.07, 6.45) is 5.84. The number of carbonyl (C=O) groups excluding carboxylic acids is 1. The van der Waals surface area contributed by atoms with E-state index < -0.39 is 0 Å². The number of benzene rings is 1. The smallest absolute Gasteiger partial charge is 0.317 e. The van der Waals surface area contributed by atoms with Gasteiger partial charge >= 0.3 is 6.03 Å². The van der Waals surface area contributed by atoms with E-state index in [9.17, 15) is 9.18 Å². The Morgan fingerprint density at radius 3 is 2.40 bits per heavy atom. The normalized spacial score (nSPS) is 10.5. The van der Waals surface area contributed by atoms with Crippen molar-refractivity contribution in [3.8, 4) is 0 Å². The molecule has 5 nitrogen and oxygen atoms in total. The van der Waals surface area contributed by atoms with Gasteiger partial charge in [-0.25, -0.2) is 9.18 Å². The molecule has 0 aliphatic heterocycles. The average molecular weight is 345 g/mol. The third kappa shape index (κ3) is 6.89. The molecule has 134 valence electrons. The van der Waals surface area contributed by atoms with E-state index in [0.717, 1.165) is 18.4 Å². The van der Waals surface area contributed by atoms with Crippen LogP contribution in [0.1, 0.15) is 17.5 Å². The highest BCUT2D eigenvalue weighted by Gasteiger charge is 2.12. The molecule has 2 rings (SSSR count). The Bertz CT molecular complexity index is 635. The molecule has 0 saturated heterocycles. The second-order valence-corrected chi connectivity index (χ2v) is 5.78. The number of aliphatic hydroxyl groups is 1. The van der Waals surface area contributed by atoms with E-state index in [1.165, 1.54) is 17.7 Å². The Morgan fingerprint density at radius 2 is 1.72 bits per heavy atom. The zero-order valence-electron chi connectivity index (χ0n) is 14.2. The largest absolute Gasteiger partial charge is 0.395 e. The topological polar surface area (TPSA) is 65.5 Å². The maximum absolute atomic E-state index is 12.9. The molecule has 0 fully saturated rings. The summed E-state index contributed by atoms with van der Waals surface area (Å²) in [5.41, 5.74) is 2.14. The Morgan fingerprint density at radius 1 is 1.04 bits per heavy atom. The molecule has 1 aromatic heterocycles. The monoisotopic (exact) mass is 345 g/mol. The first kappa shape index (κ1) is 18.9. The number of aromatic nitrogens is 1. The van der Waals surface area contributed by atoms with E-state index >= 15 is 0 Å². The Labute approximate surface area is 147 Å². The van der Waals surface area contributed by atoms with Crippen LogP contribution in [0.25, 0.3) is 0 Å². The van der Waals surface area contributed by atoms with E-state index in [-0.39, 0.29) is 25.0 Å². The summed E-state index contributed by atoms with van der Waals surface area (Å²) >= 11 is 0. The van der Waals surface area contributed by atoms with Crippen LogP contribution in [-0.2, 0) is 12.8 Å². The standard InChI is InChI=1S/C19H24FN3O2/c20-18-5-3-17(4-6-18)9-13-23(14-15-24)19(25)22-10-1-2-16-7-11-21-12-8-16/h3-8,11-12,24H,1-2,9-10,13-15H2,(H,22,25). The number of pyridine rings is 1. The molecule has 6 heteroatoms. The SMILES string of the molecule is O=C(NCCCc1ccncc1)N(CCO)CCc1ccc(F)cc1. The van der Waals surface area contributed by atoms with Crippen molar-refractivity contribution in [3.63, 3.8) is 0 Å². The highest BCUT2D eigenvalue weighted by molar-refractivity contribution is 5.74. The third-order valence-corrected chi connectivity index (χ3v) is 3.91. The molecule has 2 amide bonds. The van der Waals surface area contributed by atoms with Crippen LogP contribution in [0.15, 0.2) is 48.8 Å². The zero-order chi connectivity index (χ0) is 17.9. The van der Waals surface area contributed by atoms with E-state index in [1.54, 1.807) is 29.4 Å². The van der Waals surface area contributed by atoms with Crippen molar-refractivity contribution in [2.75, 3.05) is 26.2 Å². The quantitative estimate of drug-likeness (QED) is 0.686. The predicted octanol–water partition coefficient (Wildman–Crippen LogP) is 2.40. The number of carbonyl (C=O) groups is 1. The van der Waals surface area contributed by atoms with Gasteiger partial charge in [0.15, 0.2) is 0 Å². The van der Waals surface area contributed by atoms with Crippen LogP contribution in [0.5, 0.6) is 0 Å². The minimum Gasteiger partial charge on any atom is -0.395 e. The van der Waals surface area contributed by atoms with Crippen LogP contribution in [0, 0.1) is 5.82 Å². The number of halogens is 1. The van der Waals surface area contributed by atoms with Gasteiger partial charge in [-0.15, -0.1) is 0 Å². The van der Waals surface area contributed by atoms with E-state index in [1.807, 2.05) is 12.1 Å². The van der Waals surface area contributed by atoms with Crippen LogP contribution in [0.3, 0.4) is 0 Å². The molecule has 0 radical (unpaired) electrons. The van der Waals surface area contributed by atoms with Gasteiger partial charge in [0.25, 0.3) is 0 Å². The van der Waals surface area contributed by atoms with E-state index in [2.05, 4.69) is 10.3 Å². The second-order valence-electron chi connectivity index (χ2n) is 5.78. The lowest BCUT2D eigenvalue weighted by molar-refractivity contribution is 0.178. The van der Waals surface area contributed by atoms with Crippen molar-refractivity contribution in [1.29, 1.82) is 0 Å². The van der Waals surface area contributed by atoms with Gasteiger partial charge < -0.3 is 15.3 Å². The number of hydrogen-bond acceptors (Lipinski definition) is 3. The van der Waals surface area contributed by atoms with Crippen LogP contribution in [0.4, 0.5) is 9.18 Å². The van der Waals surface area contributed by atoms with Crippen LogP contribution in [-0.4, -0.2) is 47.3 Å². The molecule has 2 N–H and O–H groups in total. The van der Waals surface area contributed by atoms with Crippen molar-refractivity contribution in [2.24, 2.45) is 0 Å². The van der Waals surface area contributed by atoms with E-state index in [4.69, 9.17) is 5.11 Å². The van der Waals surface area contributed by atoms with Crippen molar-refractivity contribution in [2.45, 2.75) is 19.3 Å². The van der Waals surface area contributed by atoms with Crippen molar-refractivity contribution in [3.05, 3.63) is 65.7 Å². The zero-order valence-corrected chi connectivity index (χ0v) is 14.2. The molecule has 0 aliphatic carbocycles. The van der Waals surface area contributed by atoms with Crippen molar-refractivity contribution in [1.82, 2.24) is 15.2 Å². The molecular weight excluding hydrogens is 321 g/mol. The molecule has 0 saturated carbocycles. The Hall–Kier alpha value is -2.47. The number of urea groups is 1.